The summed E-state index contributed by atoms with van der Waals surface area (Å²) in [5, 5.41) is 17.7. The van der Waals surface area contributed by atoms with Gasteiger partial charge in [-0.2, -0.15) is 5.10 Å². The fraction of sp³-hybridized carbons (Fsp3) is 0.583. The van der Waals surface area contributed by atoms with Crippen molar-refractivity contribution in [1.82, 2.24) is 15.1 Å². The molecule has 2 aliphatic rings. The Labute approximate surface area is 146 Å². The quantitative estimate of drug-likeness (QED) is 0.562. The van der Waals surface area contributed by atoms with Crippen molar-refractivity contribution in [3.05, 3.63) is 16.9 Å². The maximum atomic E-state index is 11.8. The molecule has 0 bridgehead atoms. The molecule has 2 saturated carbocycles. The van der Waals surface area contributed by atoms with Crippen molar-refractivity contribution in [2.75, 3.05) is 6.54 Å². The SMILES string of the molecule is O=C(NCC1(n2cc(Br)cn2)CC1)[C@H]1C[C@H]1C(=O)[O-].[Na+]. The normalized spacial score (nSPS) is 25.4. The van der Waals surface area contributed by atoms with Crippen molar-refractivity contribution in [1.29, 1.82) is 0 Å². The van der Waals surface area contributed by atoms with Crippen LogP contribution in [0.1, 0.15) is 19.3 Å². The van der Waals surface area contributed by atoms with E-state index in [9.17, 15) is 14.7 Å². The van der Waals surface area contributed by atoms with Crippen LogP contribution in [-0.4, -0.2) is 28.2 Å². The predicted molar refractivity (Wildman–Crippen MR) is 66.7 cm³/mol. The van der Waals surface area contributed by atoms with Crippen LogP contribution >= 0.6 is 15.9 Å². The third-order valence-corrected chi connectivity index (χ3v) is 4.30. The Morgan fingerprint density at radius 2 is 2.20 bits per heavy atom. The number of carbonyl (C=O) groups excluding carboxylic acids is 2. The van der Waals surface area contributed by atoms with Crippen LogP contribution in [0.2, 0.25) is 0 Å². The van der Waals surface area contributed by atoms with Gasteiger partial charge in [-0.1, -0.05) is 0 Å². The largest absolute Gasteiger partial charge is 1.00 e. The van der Waals surface area contributed by atoms with Crippen molar-refractivity contribution < 1.29 is 44.3 Å². The van der Waals surface area contributed by atoms with Gasteiger partial charge >= 0.3 is 29.6 Å². The van der Waals surface area contributed by atoms with E-state index in [0.717, 1.165) is 17.3 Å². The second-order valence-corrected chi connectivity index (χ2v) is 6.23. The van der Waals surface area contributed by atoms with Crippen LogP contribution in [0.25, 0.3) is 0 Å². The van der Waals surface area contributed by atoms with Crippen LogP contribution in [0.5, 0.6) is 0 Å². The zero-order chi connectivity index (χ0) is 13.6. The standard InChI is InChI=1S/C12H14BrN3O3.Na/c13-7-4-15-16(5-7)12(1-2-12)6-14-10(17)8-3-9(8)11(18)19;/h4-5,8-9H,1-3,6H2,(H,14,17)(H,18,19);/q;+1/p-1/t8-,9+;/m0./s1. The van der Waals surface area contributed by atoms with Crippen LogP contribution in [0.15, 0.2) is 16.9 Å². The number of nitrogens with one attached hydrogen (secondary N) is 1. The van der Waals surface area contributed by atoms with Crippen LogP contribution in [0, 0.1) is 11.8 Å². The Morgan fingerprint density at radius 3 is 2.65 bits per heavy atom. The van der Waals surface area contributed by atoms with E-state index in [1.165, 1.54) is 0 Å². The molecule has 0 aromatic carbocycles. The number of halogens is 1. The van der Waals surface area contributed by atoms with Gasteiger partial charge in [0.15, 0.2) is 0 Å². The number of hydrogen-bond acceptors (Lipinski definition) is 4. The minimum Gasteiger partial charge on any atom is -0.550 e. The summed E-state index contributed by atoms with van der Waals surface area (Å²) in [6.07, 6.45) is 5.94. The van der Waals surface area contributed by atoms with Gasteiger partial charge in [-0.15, -0.1) is 0 Å². The molecule has 102 valence electrons. The fourth-order valence-electron chi connectivity index (χ4n) is 2.32. The molecule has 0 radical (unpaired) electrons. The number of aliphatic carboxylic acids is 1. The van der Waals surface area contributed by atoms with Crippen molar-refractivity contribution in [2.24, 2.45) is 11.8 Å². The average Bonchev–Trinajstić information content (AvgIpc) is 3.26. The van der Waals surface area contributed by atoms with E-state index in [0.29, 0.717) is 13.0 Å². The third kappa shape index (κ3) is 3.10. The predicted octanol–water partition coefficient (Wildman–Crippen LogP) is -3.36. The zero-order valence-corrected chi connectivity index (χ0v) is 14.7. The van der Waals surface area contributed by atoms with E-state index in [1.807, 2.05) is 10.9 Å². The first kappa shape index (κ1) is 16.0. The summed E-state index contributed by atoms with van der Waals surface area (Å²) < 4.78 is 2.77. The van der Waals surface area contributed by atoms with E-state index in [-0.39, 0.29) is 41.0 Å². The average molecular weight is 350 g/mol. The number of carbonyl (C=O) groups is 2. The molecule has 1 heterocycles. The second-order valence-electron chi connectivity index (χ2n) is 5.31. The maximum Gasteiger partial charge on any atom is 1.00 e. The minimum atomic E-state index is -1.13. The van der Waals surface area contributed by atoms with E-state index >= 15 is 0 Å². The number of hydrogen-bond donors (Lipinski definition) is 1. The topological polar surface area (TPSA) is 87.0 Å². The Hall–Kier alpha value is -0.370. The molecule has 20 heavy (non-hydrogen) atoms. The first-order chi connectivity index (χ1) is 9.02. The Kier molecular flexibility index (Phi) is 4.63. The molecule has 2 fully saturated rings. The summed E-state index contributed by atoms with van der Waals surface area (Å²) in [6.45, 7) is 0.496. The van der Waals surface area contributed by atoms with Gasteiger partial charge in [0, 0.05) is 30.5 Å². The molecule has 6 nitrogen and oxygen atoms in total. The van der Waals surface area contributed by atoms with Gasteiger partial charge in [0.05, 0.1) is 16.2 Å². The van der Waals surface area contributed by atoms with Gasteiger partial charge in [0.2, 0.25) is 5.91 Å². The summed E-state index contributed by atoms with van der Waals surface area (Å²) in [5.41, 5.74) is -0.131. The third-order valence-electron chi connectivity index (χ3n) is 3.89. The van der Waals surface area contributed by atoms with E-state index in [4.69, 9.17) is 0 Å². The van der Waals surface area contributed by atoms with Crippen LogP contribution in [0.4, 0.5) is 0 Å². The van der Waals surface area contributed by atoms with Gasteiger partial charge < -0.3 is 15.2 Å². The van der Waals surface area contributed by atoms with Crippen molar-refractivity contribution in [3.8, 4) is 0 Å². The monoisotopic (exact) mass is 349 g/mol. The van der Waals surface area contributed by atoms with E-state index in [1.54, 1.807) is 6.20 Å². The Balaban J connectivity index is 0.00000147. The molecule has 1 aromatic rings. The minimum absolute atomic E-state index is 0. The van der Waals surface area contributed by atoms with Gasteiger partial charge in [0.1, 0.15) is 0 Å². The summed E-state index contributed by atoms with van der Waals surface area (Å²) in [6, 6.07) is 0. The Morgan fingerprint density at radius 1 is 1.50 bits per heavy atom. The maximum absolute atomic E-state index is 11.8. The summed E-state index contributed by atoms with van der Waals surface area (Å²) in [5.74, 6) is -2.33. The van der Waals surface area contributed by atoms with Gasteiger partial charge in [-0.25, -0.2) is 0 Å². The van der Waals surface area contributed by atoms with Crippen LogP contribution < -0.4 is 40.0 Å². The number of nitrogens with zero attached hydrogens (tertiary/aromatic N) is 2. The molecule has 0 spiro atoms. The molecule has 2 atom stereocenters. The molecule has 0 unspecified atom stereocenters. The molecule has 1 aromatic heterocycles. The van der Waals surface area contributed by atoms with Crippen molar-refractivity contribution in [2.45, 2.75) is 24.8 Å². The van der Waals surface area contributed by atoms with Crippen molar-refractivity contribution in [3.63, 3.8) is 0 Å². The summed E-state index contributed by atoms with van der Waals surface area (Å²) in [4.78, 5) is 22.4. The van der Waals surface area contributed by atoms with Gasteiger partial charge in [-0.3, -0.25) is 9.48 Å². The van der Waals surface area contributed by atoms with Gasteiger partial charge in [-0.05, 0) is 35.2 Å². The molecule has 1 amide bonds. The van der Waals surface area contributed by atoms with Crippen molar-refractivity contribution >= 4 is 27.8 Å². The molecular formula is C12H13BrN3NaO3. The first-order valence-corrected chi connectivity index (χ1v) is 7.00. The number of aromatic nitrogens is 2. The number of carboxylic acid groups (broad SMARTS) is 1. The smallest absolute Gasteiger partial charge is 0.550 e. The molecule has 0 aliphatic heterocycles. The first-order valence-electron chi connectivity index (χ1n) is 6.21. The number of rotatable bonds is 5. The van der Waals surface area contributed by atoms with E-state index in [2.05, 4.69) is 26.3 Å². The fourth-order valence-corrected chi connectivity index (χ4v) is 2.60. The molecule has 3 rings (SSSR count). The second kappa shape index (κ2) is 5.79. The number of amides is 1. The Bertz CT molecular complexity index is 544. The van der Waals surface area contributed by atoms with Crippen LogP contribution in [0.3, 0.4) is 0 Å². The molecule has 8 heteroatoms. The van der Waals surface area contributed by atoms with Gasteiger partial charge in [0.25, 0.3) is 0 Å². The molecule has 1 N–H and O–H groups in total. The summed E-state index contributed by atoms with van der Waals surface area (Å²) >= 11 is 3.35. The van der Waals surface area contributed by atoms with Crippen LogP contribution in [-0.2, 0) is 15.1 Å². The summed E-state index contributed by atoms with van der Waals surface area (Å²) in [7, 11) is 0. The zero-order valence-electron chi connectivity index (χ0n) is 11.1. The molecule has 0 saturated heterocycles. The molecule has 2 aliphatic carbocycles. The number of carboxylic acids is 1. The molecular weight excluding hydrogens is 337 g/mol. The van der Waals surface area contributed by atoms with E-state index < -0.39 is 17.8 Å².